The first-order chi connectivity index (χ1) is 8.22. The first-order valence-corrected chi connectivity index (χ1v) is 5.80. The molecule has 3 aromatic rings. The monoisotopic (exact) mass is 263 g/mol. The maximum atomic E-state index is 5.94. The number of fused-ring (bicyclic) bond motifs is 1. The highest BCUT2D eigenvalue weighted by molar-refractivity contribution is 6.35. The van der Waals surface area contributed by atoms with Crippen LogP contribution in [0.3, 0.4) is 0 Å². The molecule has 0 saturated heterocycles. The third kappa shape index (κ3) is 2.02. The summed E-state index contributed by atoms with van der Waals surface area (Å²) < 4.78 is 5.64. The molecule has 17 heavy (non-hydrogen) atoms. The Hall–Kier alpha value is -1.51. The number of nitrogens with zero attached hydrogens (tertiary/aromatic N) is 1. The lowest BCUT2D eigenvalue weighted by Gasteiger charge is -1.97. The van der Waals surface area contributed by atoms with E-state index in [1.165, 1.54) is 0 Å². The SMILES string of the molecule is Clc1cc(Cl)cc(-c2nc3ccccc3o2)c1. The van der Waals surface area contributed by atoms with E-state index in [0.717, 1.165) is 16.7 Å². The Balaban J connectivity index is 2.20. The molecule has 2 aromatic carbocycles. The molecule has 0 saturated carbocycles. The van der Waals surface area contributed by atoms with Crippen molar-refractivity contribution in [2.75, 3.05) is 0 Å². The third-order valence-electron chi connectivity index (χ3n) is 2.40. The zero-order chi connectivity index (χ0) is 11.8. The summed E-state index contributed by atoms with van der Waals surface area (Å²) in [4.78, 5) is 4.38. The molecule has 0 atom stereocenters. The molecule has 0 fully saturated rings. The van der Waals surface area contributed by atoms with Gasteiger partial charge < -0.3 is 4.42 Å². The fraction of sp³-hybridized carbons (Fsp3) is 0. The van der Waals surface area contributed by atoms with Crippen LogP contribution in [0.4, 0.5) is 0 Å². The maximum Gasteiger partial charge on any atom is 0.227 e. The van der Waals surface area contributed by atoms with Crippen molar-refractivity contribution in [1.29, 1.82) is 0 Å². The summed E-state index contributed by atoms with van der Waals surface area (Å²) in [5.41, 5.74) is 2.34. The number of halogens is 2. The molecule has 0 spiro atoms. The van der Waals surface area contributed by atoms with Gasteiger partial charge in [0.2, 0.25) is 5.89 Å². The summed E-state index contributed by atoms with van der Waals surface area (Å²) >= 11 is 11.9. The van der Waals surface area contributed by atoms with Crippen LogP contribution in [-0.4, -0.2) is 4.98 Å². The van der Waals surface area contributed by atoms with Gasteiger partial charge in [0.15, 0.2) is 5.58 Å². The van der Waals surface area contributed by atoms with Gasteiger partial charge in [-0.2, -0.15) is 0 Å². The molecule has 0 aliphatic heterocycles. The highest BCUT2D eigenvalue weighted by atomic mass is 35.5. The van der Waals surface area contributed by atoms with Crippen molar-refractivity contribution >= 4 is 34.3 Å². The summed E-state index contributed by atoms with van der Waals surface area (Å²) in [6.07, 6.45) is 0. The first-order valence-electron chi connectivity index (χ1n) is 5.04. The molecule has 4 heteroatoms. The first kappa shape index (κ1) is 10.6. The van der Waals surface area contributed by atoms with Crippen LogP contribution in [0.2, 0.25) is 10.0 Å². The largest absolute Gasteiger partial charge is 0.436 e. The fourth-order valence-corrected chi connectivity index (χ4v) is 2.20. The van der Waals surface area contributed by atoms with Crippen molar-refractivity contribution in [3.63, 3.8) is 0 Å². The van der Waals surface area contributed by atoms with Gasteiger partial charge in [-0.15, -0.1) is 0 Å². The van der Waals surface area contributed by atoms with Crippen LogP contribution in [0.15, 0.2) is 46.9 Å². The average molecular weight is 264 g/mol. The minimum atomic E-state index is 0.524. The minimum absolute atomic E-state index is 0.524. The zero-order valence-corrected chi connectivity index (χ0v) is 10.2. The highest BCUT2D eigenvalue weighted by Gasteiger charge is 2.09. The van der Waals surface area contributed by atoms with Crippen molar-refractivity contribution in [1.82, 2.24) is 4.98 Å². The Kier molecular flexibility index (Phi) is 2.54. The maximum absolute atomic E-state index is 5.94. The van der Waals surface area contributed by atoms with Crippen molar-refractivity contribution in [3.8, 4) is 11.5 Å². The van der Waals surface area contributed by atoms with Crippen LogP contribution < -0.4 is 0 Å². The molecule has 1 heterocycles. The Morgan fingerprint density at radius 1 is 0.941 bits per heavy atom. The van der Waals surface area contributed by atoms with Crippen LogP contribution in [0.1, 0.15) is 0 Å². The van der Waals surface area contributed by atoms with Gasteiger partial charge >= 0.3 is 0 Å². The molecule has 1 aromatic heterocycles. The molecule has 0 unspecified atom stereocenters. The van der Waals surface area contributed by atoms with Gasteiger partial charge in [0.1, 0.15) is 5.52 Å². The molecule has 0 amide bonds. The van der Waals surface area contributed by atoms with Crippen molar-refractivity contribution in [2.45, 2.75) is 0 Å². The predicted octanol–water partition coefficient (Wildman–Crippen LogP) is 4.80. The molecule has 0 aliphatic rings. The minimum Gasteiger partial charge on any atom is -0.436 e. The topological polar surface area (TPSA) is 26.0 Å². The molecule has 0 aliphatic carbocycles. The second-order valence-corrected chi connectivity index (χ2v) is 4.52. The van der Waals surface area contributed by atoms with Crippen LogP contribution in [0.25, 0.3) is 22.6 Å². The second-order valence-electron chi connectivity index (χ2n) is 3.64. The Labute approximate surface area is 108 Å². The predicted molar refractivity (Wildman–Crippen MR) is 69.5 cm³/mol. The van der Waals surface area contributed by atoms with Gasteiger partial charge in [-0.1, -0.05) is 35.3 Å². The van der Waals surface area contributed by atoms with E-state index in [-0.39, 0.29) is 0 Å². The number of aromatic nitrogens is 1. The van der Waals surface area contributed by atoms with E-state index >= 15 is 0 Å². The summed E-state index contributed by atoms with van der Waals surface area (Å²) in [6.45, 7) is 0. The molecular weight excluding hydrogens is 257 g/mol. The van der Waals surface area contributed by atoms with E-state index in [4.69, 9.17) is 27.6 Å². The van der Waals surface area contributed by atoms with Gasteiger partial charge in [0.25, 0.3) is 0 Å². The standard InChI is InChI=1S/C13H7Cl2NO/c14-9-5-8(6-10(15)7-9)13-16-11-3-1-2-4-12(11)17-13/h1-7H. The highest BCUT2D eigenvalue weighted by Crippen LogP contribution is 2.28. The number of benzene rings is 2. The van der Waals surface area contributed by atoms with E-state index in [9.17, 15) is 0 Å². The number of hydrogen-bond donors (Lipinski definition) is 0. The van der Waals surface area contributed by atoms with Crippen molar-refractivity contribution in [2.24, 2.45) is 0 Å². The lowest BCUT2D eigenvalue weighted by Crippen LogP contribution is -1.77. The summed E-state index contributed by atoms with van der Waals surface area (Å²) in [5, 5.41) is 1.13. The zero-order valence-electron chi connectivity index (χ0n) is 8.65. The molecule has 0 N–H and O–H groups in total. The number of para-hydroxylation sites is 2. The van der Waals surface area contributed by atoms with Crippen LogP contribution in [0.5, 0.6) is 0 Å². The van der Waals surface area contributed by atoms with Crippen molar-refractivity contribution in [3.05, 3.63) is 52.5 Å². The molecule has 3 rings (SSSR count). The van der Waals surface area contributed by atoms with Gasteiger partial charge in [-0.25, -0.2) is 4.98 Å². The Morgan fingerprint density at radius 2 is 1.65 bits per heavy atom. The van der Waals surface area contributed by atoms with Crippen LogP contribution in [0, 0.1) is 0 Å². The van der Waals surface area contributed by atoms with Crippen LogP contribution in [-0.2, 0) is 0 Å². The van der Waals surface area contributed by atoms with Gasteiger partial charge in [0, 0.05) is 15.6 Å². The lowest BCUT2D eigenvalue weighted by molar-refractivity contribution is 0.620. The van der Waals surface area contributed by atoms with E-state index in [2.05, 4.69) is 4.98 Å². The van der Waals surface area contributed by atoms with Crippen molar-refractivity contribution < 1.29 is 4.42 Å². The lowest BCUT2D eigenvalue weighted by atomic mass is 10.2. The van der Waals surface area contributed by atoms with E-state index in [1.54, 1.807) is 18.2 Å². The number of hydrogen-bond acceptors (Lipinski definition) is 2. The van der Waals surface area contributed by atoms with E-state index in [0.29, 0.717) is 15.9 Å². The van der Waals surface area contributed by atoms with Crippen LogP contribution >= 0.6 is 23.2 Å². The average Bonchev–Trinajstić information content (AvgIpc) is 2.71. The molecule has 0 radical (unpaired) electrons. The summed E-state index contributed by atoms with van der Waals surface area (Å²) in [5.74, 6) is 0.524. The molecular formula is C13H7Cl2NO. The Bertz CT molecular complexity index is 637. The number of oxazole rings is 1. The van der Waals surface area contributed by atoms with E-state index in [1.807, 2.05) is 24.3 Å². The van der Waals surface area contributed by atoms with E-state index < -0.39 is 0 Å². The van der Waals surface area contributed by atoms with Gasteiger partial charge in [-0.3, -0.25) is 0 Å². The second kappa shape index (κ2) is 4.06. The summed E-state index contributed by atoms with van der Waals surface area (Å²) in [7, 11) is 0. The number of rotatable bonds is 1. The smallest absolute Gasteiger partial charge is 0.227 e. The van der Waals surface area contributed by atoms with Gasteiger partial charge in [0.05, 0.1) is 0 Å². The summed E-state index contributed by atoms with van der Waals surface area (Å²) in [6, 6.07) is 12.8. The Morgan fingerprint density at radius 3 is 2.35 bits per heavy atom. The third-order valence-corrected chi connectivity index (χ3v) is 2.84. The molecule has 84 valence electrons. The fourth-order valence-electron chi connectivity index (χ4n) is 1.67. The van der Waals surface area contributed by atoms with Gasteiger partial charge in [-0.05, 0) is 30.3 Å². The normalized spacial score (nSPS) is 10.9. The molecule has 2 nitrogen and oxygen atoms in total. The molecule has 0 bridgehead atoms. The quantitative estimate of drug-likeness (QED) is 0.630.